The smallest absolute Gasteiger partial charge is 0.222 e. The van der Waals surface area contributed by atoms with Crippen molar-refractivity contribution in [1.29, 1.82) is 0 Å². The van der Waals surface area contributed by atoms with Gasteiger partial charge in [0.25, 0.3) is 0 Å². The van der Waals surface area contributed by atoms with Crippen LogP contribution in [0, 0.1) is 5.92 Å². The SMILES string of the molecule is CN(Cc1ccccc1)CC1CCN(C(=O)CCCCCCN)CC1.Cl.Cl. The summed E-state index contributed by atoms with van der Waals surface area (Å²) in [6.45, 7) is 4.76. The molecule has 27 heavy (non-hydrogen) atoms. The van der Waals surface area contributed by atoms with Gasteiger partial charge in [0.05, 0.1) is 0 Å². The molecular formula is C21H37Cl2N3O. The van der Waals surface area contributed by atoms with Crippen LogP contribution in [0.1, 0.15) is 50.5 Å². The topological polar surface area (TPSA) is 49.6 Å². The molecule has 0 radical (unpaired) electrons. The molecular weight excluding hydrogens is 381 g/mol. The quantitative estimate of drug-likeness (QED) is 0.582. The van der Waals surface area contributed by atoms with E-state index < -0.39 is 0 Å². The van der Waals surface area contributed by atoms with Crippen LogP contribution in [0.4, 0.5) is 0 Å². The molecule has 1 saturated heterocycles. The lowest BCUT2D eigenvalue weighted by Crippen LogP contribution is -2.40. The Morgan fingerprint density at radius 1 is 1.07 bits per heavy atom. The summed E-state index contributed by atoms with van der Waals surface area (Å²) < 4.78 is 0. The first kappa shape index (κ1) is 26.2. The van der Waals surface area contributed by atoms with Crippen LogP contribution >= 0.6 is 24.8 Å². The molecule has 0 unspecified atom stereocenters. The average Bonchev–Trinajstić information content (AvgIpc) is 2.63. The first-order chi connectivity index (χ1) is 12.2. The van der Waals surface area contributed by atoms with E-state index >= 15 is 0 Å². The summed E-state index contributed by atoms with van der Waals surface area (Å²) in [5.74, 6) is 1.06. The molecule has 1 aliphatic rings. The Labute approximate surface area is 177 Å². The fraction of sp³-hybridized carbons (Fsp3) is 0.667. The monoisotopic (exact) mass is 417 g/mol. The number of carbonyl (C=O) groups is 1. The Kier molecular flexibility index (Phi) is 14.7. The summed E-state index contributed by atoms with van der Waals surface area (Å²) in [4.78, 5) is 16.8. The van der Waals surface area contributed by atoms with Crippen LogP contribution in [0.2, 0.25) is 0 Å². The first-order valence-electron chi connectivity index (χ1n) is 9.89. The second-order valence-corrected chi connectivity index (χ2v) is 7.46. The van der Waals surface area contributed by atoms with E-state index in [0.29, 0.717) is 18.2 Å². The van der Waals surface area contributed by atoms with Crippen molar-refractivity contribution >= 4 is 30.7 Å². The van der Waals surface area contributed by atoms with Crippen molar-refractivity contribution in [2.45, 2.75) is 51.5 Å². The Balaban J connectivity index is 0.00000338. The third kappa shape index (κ3) is 10.3. The fourth-order valence-corrected chi connectivity index (χ4v) is 3.70. The van der Waals surface area contributed by atoms with Gasteiger partial charge in [-0.2, -0.15) is 0 Å². The summed E-state index contributed by atoms with van der Waals surface area (Å²) in [6, 6.07) is 10.6. The highest BCUT2D eigenvalue weighted by Crippen LogP contribution is 2.20. The van der Waals surface area contributed by atoms with Crippen LogP contribution in [0.15, 0.2) is 30.3 Å². The molecule has 4 nitrogen and oxygen atoms in total. The molecule has 0 spiro atoms. The lowest BCUT2D eigenvalue weighted by molar-refractivity contribution is -0.132. The molecule has 1 aliphatic heterocycles. The van der Waals surface area contributed by atoms with Gasteiger partial charge in [0, 0.05) is 32.6 Å². The van der Waals surface area contributed by atoms with Gasteiger partial charge >= 0.3 is 0 Å². The minimum absolute atomic E-state index is 0. The summed E-state index contributed by atoms with van der Waals surface area (Å²) in [5, 5.41) is 0. The number of hydrogen-bond acceptors (Lipinski definition) is 3. The number of hydrogen-bond donors (Lipinski definition) is 1. The second-order valence-electron chi connectivity index (χ2n) is 7.46. The lowest BCUT2D eigenvalue weighted by atomic mass is 9.95. The van der Waals surface area contributed by atoms with Gasteiger partial charge in [-0.3, -0.25) is 4.79 Å². The van der Waals surface area contributed by atoms with Crippen molar-refractivity contribution in [2.24, 2.45) is 11.7 Å². The summed E-state index contributed by atoms with van der Waals surface area (Å²) in [7, 11) is 2.20. The van der Waals surface area contributed by atoms with E-state index in [9.17, 15) is 4.79 Å². The maximum absolute atomic E-state index is 12.3. The Morgan fingerprint density at radius 2 is 1.70 bits per heavy atom. The standard InChI is InChI=1S/C21H35N3O.2ClH/c1-23(17-19-9-5-4-6-10-19)18-20-12-15-24(16-13-20)21(25)11-7-2-3-8-14-22;;/h4-6,9-10,20H,2-3,7-8,11-18,22H2,1H3;2*1H. The van der Waals surface area contributed by atoms with E-state index in [1.807, 2.05) is 0 Å². The zero-order valence-corrected chi connectivity index (χ0v) is 18.3. The molecule has 0 aromatic heterocycles. The number of benzene rings is 1. The predicted molar refractivity (Wildman–Crippen MR) is 119 cm³/mol. The van der Waals surface area contributed by atoms with Crippen molar-refractivity contribution < 1.29 is 4.79 Å². The largest absolute Gasteiger partial charge is 0.343 e. The van der Waals surface area contributed by atoms with Gasteiger partial charge in [-0.15, -0.1) is 24.8 Å². The molecule has 6 heteroatoms. The number of piperidine rings is 1. The molecule has 1 aromatic rings. The van der Waals surface area contributed by atoms with Crippen LogP contribution in [-0.2, 0) is 11.3 Å². The predicted octanol–water partition coefficient (Wildman–Crippen LogP) is 4.11. The molecule has 156 valence electrons. The highest BCUT2D eigenvalue weighted by atomic mass is 35.5. The number of nitrogens with zero attached hydrogens (tertiary/aromatic N) is 2. The van der Waals surface area contributed by atoms with Gasteiger partial charge in [-0.1, -0.05) is 43.2 Å². The highest BCUT2D eigenvalue weighted by Gasteiger charge is 2.23. The number of unbranched alkanes of at least 4 members (excludes halogenated alkanes) is 3. The number of amides is 1. The van der Waals surface area contributed by atoms with E-state index in [1.165, 1.54) is 5.56 Å². The van der Waals surface area contributed by atoms with Gasteiger partial charge in [0.1, 0.15) is 0 Å². The minimum Gasteiger partial charge on any atom is -0.343 e. The summed E-state index contributed by atoms with van der Waals surface area (Å²) in [5.41, 5.74) is 6.87. The van der Waals surface area contributed by atoms with Gasteiger partial charge in [-0.05, 0) is 50.8 Å². The van der Waals surface area contributed by atoms with Gasteiger partial charge < -0.3 is 15.5 Å². The number of nitrogens with two attached hydrogens (primary N) is 1. The van der Waals surface area contributed by atoms with Crippen molar-refractivity contribution in [2.75, 3.05) is 33.2 Å². The van der Waals surface area contributed by atoms with Crippen LogP contribution in [0.5, 0.6) is 0 Å². The van der Waals surface area contributed by atoms with E-state index in [1.54, 1.807) is 0 Å². The number of carbonyl (C=O) groups excluding carboxylic acids is 1. The van der Waals surface area contributed by atoms with Crippen molar-refractivity contribution in [3.8, 4) is 0 Å². The van der Waals surface area contributed by atoms with E-state index in [-0.39, 0.29) is 24.8 Å². The van der Waals surface area contributed by atoms with Crippen molar-refractivity contribution in [3.05, 3.63) is 35.9 Å². The highest BCUT2D eigenvalue weighted by molar-refractivity contribution is 5.85. The maximum Gasteiger partial charge on any atom is 0.222 e. The average molecular weight is 418 g/mol. The number of likely N-dealkylation sites (tertiary alicyclic amines) is 1. The fourth-order valence-electron chi connectivity index (χ4n) is 3.70. The molecule has 0 atom stereocenters. The normalized spacial score (nSPS) is 14.6. The van der Waals surface area contributed by atoms with Gasteiger partial charge in [0.2, 0.25) is 5.91 Å². The van der Waals surface area contributed by atoms with Crippen LogP contribution in [0.3, 0.4) is 0 Å². The molecule has 0 bridgehead atoms. The van der Waals surface area contributed by atoms with E-state index in [4.69, 9.17) is 5.73 Å². The Bertz CT molecular complexity index is 493. The Hall–Kier alpha value is -0.810. The van der Waals surface area contributed by atoms with Crippen molar-refractivity contribution in [1.82, 2.24) is 9.80 Å². The van der Waals surface area contributed by atoms with Crippen molar-refractivity contribution in [3.63, 3.8) is 0 Å². The number of rotatable bonds is 10. The zero-order chi connectivity index (χ0) is 17.9. The zero-order valence-electron chi connectivity index (χ0n) is 16.6. The summed E-state index contributed by atoms with van der Waals surface area (Å²) >= 11 is 0. The summed E-state index contributed by atoms with van der Waals surface area (Å²) in [6.07, 6.45) is 7.36. The molecule has 0 saturated carbocycles. The van der Waals surface area contributed by atoms with Crippen LogP contribution < -0.4 is 5.73 Å². The lowest BCUT2D eigenvalue weighted by Gasteiger charge is -2.34. The maximum atomic E-state index is 12.3. The van der Waals surface area contributed by atoms with E-state index in [2.05, 4.69) is 47.2 Å². The van der Waals surface area contributed by atoms with Gasteiger partial charge in [-0.25, -0.2) is 0 Å². The molecule has 1 aromatic carbocycles. The molecule has 0 aliphatic carbocycles. The van der Waals surface area contributed by atoms with E-state index in [0.717, 1.165) is 71.2 Å². The molecule has 1 heterocycles. The third-order valence-corrected chi connectivity index (χ3v) is 5.18. The minimum atomic E-state index is 0. The molecule has 2 rings (SSSR count). The second kappa shape index (κ2) is 15.2. The molecule has 1 amide bonds. The first-order valence-corrected chi connectivity index (χ1v) is 9.89. The molecule has 1 fully saturated rings. The van der Waals surface area contributed by atoms with Crippen LogP contribution in [-0.4, -0.2) is 48.9 Å². The Morgan fingerprint density at radius 3 is 2.33 bits per heavy atom. The molecule has 2 N–H and O–H groups in total. The van der Waals surface area contributed by atoms with Crippen LogP contribution in [0.25, 0.3) is 0 Å². The number of halogens is 2. The van der Waals surface area contributed by atoms with Gasteiger partial charge in [0.15, 0.2) is 0 Å². The third-order valence-electron chi connectivity index (χ3n) is 5.18.